The number of unbranched alkanes of at least 4 members (excludes halogenated alkanes) is 1. The molecule has 18 heavy (non-hydrogen) atoms. The molecule has 0 aliphatic carbocycles. The number of benzene rings is 1. The van der Waals surface area contributed by atoms with Crippen molar-refractivity contribution in [2.45, 2.75) is 38.6 Å². The predicted octanol–water partition coefficient (Wildman–Crippen LogP) is 2.04. The summed E-state index contributed by atoms with van der Waals surface area (Å²) < 4.78 is 12.7. The van der Waals surface area contributed by atoms with Crippen LogP contribution in [0, 0.1) is 5.82 Å². The van der Waals surface area contributed by atoms with Gasteiger partial charge in [-0.05, 0) is 43.9 Å². The monoisotopic (exact) mass is 253 g/mol. The van der Waals surface area contributed by atoms with Gasteiger partial charge in [-0.1, -0.05) is 12.1 Å². The topological polar surface area (TPSA) is 49.3 Å². The molecule has 0 radical (unpaired) electrons. The second kappa shape index (κ2) is 7.82. The Balaban J connectivity index is 2.15. The van der Waals surface area contributed by atoms with Gasteiger partial charge in [-0.25, -0.2) is 4.39 Å². The third kappa shape index (κ3) is 5.77. The fourth-order valence-corrected chi connectivity index (χ4v) is 1.66. The molecule has 3 nitrogen and oxygen atoms in total. The molecule has 100 valence electrons. The molecule has 0 aliphatic heterocycles. The minimum Gasteiger partial charge on any atom is -0.394 e. The van der Waals surface area contributed by atoms with Crippen LogP contribution in [0.4, 0.5) is 4.39 Å². The van der Waals surface area contributed by atoms with Crippen LogP contribution in [-0.4, -0.2) is 23.7 Å². The van der Waals surface area contributed by atoms with E-state index in [1.165, 1.54) is 12.1 Å². The first kappa shape index (κ1) is 14.6. The molecule has 2 N–H and O–H groups in total. The number of amides is 1. The summed E-state index contributed by atoms with van der Waals surface area (Å²) in [5.74, 6) is -0.258. The molecule has 0 saturated heterocycles. The first-order chi connectivity index (χ1) is 8.61. The van der Waals surface area contributed by atoms with Crippen molar-refractivity contribution in [3.63, 3.8) is 0 Å². The van der Waals surface area contributed by atoms with Crippen LogP contribution in [-0.2, 0) is 11.2 Å². The molecule has 0 bridgehead atoms. The summed E-state index contributed by atoms with van der Waals surface area (Å²) in [4.78, 5) is 11.4. The Labute approximate surface area is 107 Å². The molecule has 1 rings (SSSR count). The zero-order valence-corrected chi connectivity index (χ0v) is 10.7. The van der Waals surface area contributed by atoms with Gasteiger partial charge in [0.2, 0.25) is 5.91 Å². The Morgan fingerprint density at radius 2 is 2.00 bits per heavy atom. The van der Waals surface area contributed by atoms with Crippen molar-refractivity contribution in [3.05, 3.63) is 35.6 Å². The highest BCUT2D eigenvalue weighted by Crippen LogP contribution is 2.08. The van der Waals surface area contributed by atoms with Gasteiger partial charge in [-0.2, -0.15) is 0 Å². The van der Waals surface area contributed by atoms with E-state index >= 15 is 0 Å². The number of carbonyl (C=O) groups excluding carboxylic acids is 1. The van der Waals surface area contributed by atoms with Crippen LogP contribution in [0.5, 0.6) is 0 Å². The molecule has 0 spiro atoms. The van der Waals surface area contributed by atoms with E-state index in [2.05, 4.69) is 5.32 Å². The van der Waals surface area contributed by atoms with Gasteiger partial charge < -0.3 is 10.4 Å². The van der Waals surface area contributed by atoms with Crippen molar-refractivity contribution in [1.29, 1.82) is 0 Å². The molecule has 0 heterocycles. The molecule has 0 saturated carbocycles. The van der Waals surface area contributed by atoms with E-state index in [9.17, 15) is 9.18 Å². The highest BCUT2D eigenvalue weighted by molar-refractivity contribution is 5.76. The van der Waals surface area contributed by atoms with E-state index in [1.807, 2.05) is 0 Å². The fourth-order valence-electron chi connectivity index (χ4n) is 1.66. The Morgan fingerprint density at radius 1 is 1.33 bits per heavy atom. The van der Waals surface area contributed by atoms with E-state index in [1.54, 1.807) is 19.1 Å². The first-order valence-corrected chi connectivity index (χ1v) is 6.26. The van der Waals surface area contributed by atoms with Crippen LogP contribution < -0.4 is 5.32 Å². The molecule has 1 amide bonds. The lowest BCUT2D eigenvalue weighted by atomic mass is 10.1. The number of aliphatic hydroxyl groups excluding tert-OH is 1. The molecule has 0 unspecified atom stereocenters. The minimum atomic E-state index is -0.226. The highest BCUT2D eigenvalue weighted by atomic mass is 19.1. The summed E-state index contributed by atoms with van der Waals surface area (Å²) in [7, 11) is 0. The number of aliphatic hydroxyl groups is 1. The van der Waals surface area contributed by atoms with Crippen LogP contribution in [0.2, 0.25) is 0 Å². The van der Waals surface area contributed by atoms with Crippen LogP contribution in [0.1, 0.15) is 31.7 Å². The van der Waals surface area contributed by atoms with Gasteiger partial charge in [0.1, 0.15) is 5.82 Å². The van der Waals surface area contributed by atoms with Crippen LogP contribution in [0.25, 0.3) is 0 Å². The summed E-state index contributed by atoms with van der Waals surface area (Å²) >= 11 is 0. The zero-order valence-electron chi connectivity index (χ0n) is 10.7. The SMILES string of the molecule is C[C@@H](CO)NC(=O)CCCCc1ccc(F)cc1. The largest absolute Gasteiger partial charge is 0.394 e. The Morgan fingerprint density at radius 3 is 2.61 bits per heavy atom. The molecule has 1 aromatic rings. The zero-order chi connectivity index (χ0) is 13.4. The number of carbonyl (C=O) groups is 1. The van der Waals surface area contributed by atoms with Gasteiger partial charge in [0, 0.05) is 12.5 Å². The summed E-state index contributed by atoms with van der Waals surface area (Å²) in [6.07, 6.45) is 3.00. The van der Waals surface area contributed by atoms with Gasteiger partial charge in [0.15, 0.2) is 0 Å². The Kier molecular flexibility index (Phi) is 6.36. The molecule has 1 aromatic carbocycles. The minimum absolute atomic E-state index is 0.0318. The van der Waals surface area contributed by atoms with E-state index in [0.717, 1.165) is 24.8 Å². The van der Waals surface area contributed by atoms with Gasteiger partial charge in [-0.3, -0.25) is 4.79 Å². The average molecular weight is 253 g/mol. The van der Waals surface area contributed by atoms with Crippen molar-refractivity contribution in [2.24, 2.45) is 0 Å². The number of hydrogen-bond acceptors (Lipinski definition) is 2. The van der Waals surface area contributed by atoms with Crippen molar-refractivity contribution in [1.82, 2.24) is 5.32 Å². The van der Waals surface area contributed by atoms with Gasteiger partial charge in [-0.15, -0.1) is 0 Å². The standard InChI is InChI=1S/C14H20FNO2/c1-11(10-17)16-14(18)5-3-2-4-12-6-8-13(15)9-7-12/h6-9,11,17H,2-5,10H2,1H3,(H,16,18)/t11-/m0/s1. The van der Waals surface area contributed by atoms with Crippen LogP contribution >= 0.6 is 0 Å². The number of nitrogens with one attached hydrogen (secondary N) is 1. The predicted molar refractivity (Wildman–Crippen MR) is 68.6 cm³/mol. The smallest absolute Gasteiger partial charge is 0.220 e. The maximum Gasteiger partial charge on any atom is 0.220 e. The molecular formula is C14H20FNO2. The molecule has 0 fully saturated rings. The number of hydrogen-bond donors (Lipinski definition) is 2. The van der Waals surface area contributed by atoms with Gasteiger partial charge >= 0.3 is 0 Å². The van der Waals surface area contributed by atoms with E-state index in [4.69, 9.17) is 5.11 Å². The normalized spacial score (nSPS) is 12.2. The third-order valence-corrected chi connectivity index (χ3v) is 2.71. The summed E-state index contributed by atoms with van der Waals surface area (Å²) in [5, 5.41) is 11.5. The molecule has 0 aromatic heterocycles. The van der Waals surface area contributed by atoms with Crippen LogP contribution in [0.15, 0.2) is 24.3 Å². The molecule has 1 atom stereocenters. The molecule has 4 heteroatoms. The average Bonchev–Trinajstić information content (AvgIpc) is 2.36. The quantitative estimate of drug-likeness (QED) is 0.731. The van der Waals surface area contributed by atoms with E-state index in [0.29, 0.717) is 6.42 Å². The van der Waals surface area contributed by atoms with Crippen molar-refractivity contribution in [3.8, 4) is 0 Å². The van der Waals surface area contributed by atoms with Crippen molar-refractivity contribution < 1.29 is 14.3 Å². The number of aryl methyl sites for hydroxylation is 1. The number of halogens is 1. The lowest BCUT2D eigenvalue weighted by molar-refractivity contribution is -0.122. The van der Waals surface area contributed by atoms with Crippen LogP contribution in [0.3, 0.4) is 0 Å². The van der Waals surface area contributed by atoms with E-state index in [-0.39, 0.29) is 24.4 Å². The van der Waals surface area contributed by atoms with Gasteiger partial charge in [0.05, 0.1) is 6.61 Å². The maximum absolute atomic E-state index is 12.7. The fraction of sp³-hybridized carbons (Fsp3) is 0.500. The summed E-state index contributed by atoms with van der Waals surface area (Å²) in [5.41, 5.74) is 1.08. The second-order valence-electron chi connectivity index (χ2n) is 4.48. The highest BCUT2D eigenvalue weighted by Gasteiger charge is 2.05. The van der Waals surface area contributed by atoms with Crippen molar-refractivity contribution >= 4 is 5.91 Å². The summed E-state index contributed by atoms with van der Waals surface area (Å²) in [6, 6.07) is 6.25. The summed E-state index contributed by atoms with van der Waals surface area (Å²) in [6.45, 7) is 1.72. The lowest BCUT2D eigenvalue weighted by Gasteiger charge is -2.10. The molecular weight excluding hydrogens is 233 g/mol. The maximum atomic E-state index is 12.7. The Bertz CT molecular complexity index is 365. The van der Waals surface area contributed by atoms with Crippen molar-refractivity contribution in [2.75, 3.05) is 6.61 Å². The van der Waals surface area contributed by atoms with Gasteiger partial charge in [0.25, 0.3) is 0 Å². The first-order valence-electron chi connectivity index (χ1n) is 6.26. The Hall–Kier alpha value is -1.42. The molecule has 0 aliphatic rings. The number of rotatable bonds is 7. The second-order valence-corrected chi connectivity index (χ2v) is 4.48. The third-order valence-electron chi connectivity index (χ3n) is 2.71. The lowest BCUT2D eigenvalue weighted by Crippen LogP contribution is -2.34. The van der Waals surface area contributed by atoms with E-state index < -0.39 is 0 Å².